The SMILES string of the molecule is C[C@@H](NCc1ncccc1F)c1cc(F)cc(F)c1. The minimum Gasteiger partial charge on any atom is -0.304 e. The average molecular weight is 266 g/mol. The molecule has 1 aromatic carbocycles. The normalized spacial score (nSPS) is 12.4. The van der Waals surface area contributed by atoms with E-state index in [4.69, 9.17) is 0 Å². The second-order valence-electron chi connectivity index (χ2n) is 4.24. The van der Waals surface area contributed by atoms with E-state index in [0.717, 1.165) is 6.07 Å². The number of pyridine rings is 1. The number of hydrogen-bond donors (Lipinski definition) is 1. The van der Waals surface area contributed by atoms with Gasteiger partial charge in [0.1, 0.15) is 17.5 Å². The minimum absolute atomic E-state index is 0.186. The van der Waals surface area contributed by atoms with Gasteiger partial charge in [-0.1, -0.05) is 0 Å². The summed E-state index contributed by atoms with van der Waals surface area (Å²) < 4.78 is 39.5. The summed E-state index contributed by atoms with van der Waals surface area (Å²) in [7, 11) is 0. The van der Waals surface area contributed by atoms with Gasteiger partial charge in [-0.05, 0) is 36.8 Å². The van der Waals surface area contributed by atoms with Crippen molar-refractivity contribution in [1.29, 1.82) is 0 Å². The first-order valence-electron chi connectivity index (χ1n) is 5.85. The molecule has 0 spiro atoms. The summed E-state index contributed by atoms with van der Waals surface area (Å²) in [6.45, 7) is 1.93. The minimum atomic E-state index is -0.632. The Morgan fingerprint density at radius 3 is 2.47 bits per heavy atom. The highest BCUT2D eigenvalue weighted by Crippen LogP contribution is 2.16. The number of aromatic nitrogens is 1. The van der Waals surface area contributed by atoms with Gasteiger partial charge in [0.25, 0.3) is 0 Å². The molecule has 1 atom stereocenters. The molecule has 1 heterocycles. The van der Waals surface area contributed by atoms with Gasteiger partial charge in [-0.2, -0.15) is 0 Å². The monoisotopic (exact) mass is 266 g/mol. The van der Waals surface area contributed by atoms with Gasteiger partial charge in [0.15, 0.2) is 0 Å². The zero-order valence-corrected chi connectivity index (χ0v) is 10.3. The largest absolute Gasteiger partial charge is 0.304 e. The molecular formula is C14H13F3N2. The van der Waals surface area contributed by atoms with Crippen LogP contribution in [0.2, 0.25) is 0 Å². The Labute approximate surface area is 109 Å². The van der Waals surface area contributed by atoms with Crippen molar-refractivity contribution in [2.75, 3.05) is 0 Å². The molecule has 0 fully saturated rings. The average Bonchev–Trinajstić information content (AvgIpc) is 2.36. The highest BCUT2D eigenvalue weighted by molar-refractivity contribution is 5.21. The fourth-order valence-corrected chi connectivity index (χ4v) is 1.74. The summed E-state index contributed by atoms with van der Waals surface area (Å²) in [6, 6.07) is 5.81. The molecule has 2 rings (SSSR count). The van der Waals surface area contributed by atoms with E-state index in [0.29, 0.717) is 5.56 Å². The van der Waals surface area contributed by atoms with Gasteiger partial charge in [-0.25, -0.2) is 13.2 Å². The third kappa shape index (κ3) is 3.54. The molecule has 0 saturated carbocycles. The van der Waals surface area contributed by atoms with E-state index in [-0.39, 0.29) is 18.3 Å². The van der Waals surface area contributed by atoms with E-state index >= 15 is 0 Å². The van der Waals surface area contributed by atoms with E-state index in [1.165, 1.54) is 30.5 Å². The molecule has 0 unspecified atom stereocenters. The molecule has 0 aliphatic heterocycles. The Morgan fingerprint density at radius 1 is 1.16 bits per heavy atom. The van der Waals surface area contributed by atoms with Crippen LogP contribution >= 0.6 is 0 Å². The van der Waals surface area contributed by atoms with E-state index in [1.54, 1.807) is 6.92 Å². The molecule has 2 aromatic rings. The Balaban J connectivity index is 2.05. The molecule has 1 N–H and O–H groups in total. The van der Waals surface area contributed by atoms with Crippen LogP contribution in [0.5, 0.6) is 0 Å². The van der Waals surface area contributed by atoms with Gasteiger partial charge >= 0.3 is 0 Å². The van der Waals surface area contributed by atoms with Crippen LogP contribution in [0.25, 0.3) is 0 Å². The van der Waals surface area contributed by atoms with Gasteiger partial charge in [-0.3, -0.25) is 4.98 Å². The quantitative estimate of drug-likeness (QED) is 0.918. The van der Waals surface area contributed by atoms with Crippen LogP contribution in [0.3, 0.4) is 0 Å². The van der Waals surface area contributed by atoms with Gasteiger partial charge in [0.2, 0.25) is 0 Å². The summed E-state index contributed by atoms with van der Waals surface area (Å²) in [5.41, 5.74) is 0.736. The lowest BCUT2D eigenvalue weighted by atomic mass is 10.1. The second kappa shape index (κ2) is 5.84. The molecule has 0 aliphatic rings. The van der Waals surface area contributed by atoms with Crippen LogP contribution in [0.15, 0.2) is 36.5 Å². The van der Waals surface area contributed by atoms with Crippen molar-refractivity contribution in [3.63, 3.8) is 0 Å². The number of nitrogens with zero attached hydrogens (tertiary/aromatic N) is 1. The zero-order valence-electron chi connectivity index (χ0n) is 10.3. The highest BCUT2D eigenvalue weighted by Gasteiger charge is 2.10. The lowest BCUT2D eigenvalue weighted by molar-refractivity contribution is 0.522. The molecule has 5 heteroatoms. The number of hydrogen-bond acceptors (Lipinski definition) is 2. The number of nitrogens with one attached hydrogen (secondary N) is 1. The molecule has 1 aromatic heterocycles. The number of rotatable bonds is 4. The number of benzene rings is 1. The first-order chi connectivity index (χ1) is 9.06. The summed E-state index contributed by atoms with van der Waals surface area (Å²) in [5, 5.41) is 2.97. The predicted molar refractivity (Wildman–Crippen MR) is 65.8 cm³/mol. The maximum absolute atomic E-state index is 13.3. The van der Waals surface area contributed by atoms with Gasteiger partial charge in [0.05, 0.1) is 5.69 Å². The maximum Gasteiger partial charge on any atom is 0.146 e. The van der Waals surface area contributed by atoms with Crippen LogP contribution in [-0.4, -0.2) is 4.98 Å². The van der Waals surface area contributed by atoms with Crippen molar-refractivity contribution in [3.05, 3.63) is 65.2 Å². The smallest absolute Gasteiger partial charge is 0.146 e. The molecule has 100 valence electrons. The first kappa shape index (κ1) is 13.5. The maximum atomic E-state index is 13.3. The summed E-state index contributed by atoms with van der Waals surface area (Å²) in [6.07, 6.45) is 1.49. The van der Waals surface area contributed by atoms with Gasteiger partial charge < -0.3 is 5.32 Å². The Bertz CT molecular complexity index is 552. The molecular weight excluding hydrogens is 253 g/mol. The van der Waals surface area contributed by atoms with Crippen molar-refractivity contribution >= 4 is 0 Å². The molecule has 0 amide bonds. The van der Waals surface area contributed by atoms with Crippen LogP contribution in [-0.2, 0) is 6.54 Å². The standard InChI is InChI=1S/C14H13F3N2/c1-9(10-5-11(15)7-12(16)6-10)19-8-14-13(17)3-2-4-18-14/h2-7,9,19H,8H2,1H3/t9-/m1/s1. The molecule has 0 saturated heterocycles. The lowest BCUT2D eigenvalue weighted by Gasteiger charge is -2.14. The third-order valence-electron chi connectivity index (χ3n) is 2.80. The molecule has 0 aliphatic carbocycles. The Morgan fingerprint density at radius 2 is 1.84 bits per heavy atom. The van der Waals surface area contributed by atoms with E-state index in [1.807, 2.05) is 0 Å². The van der Waals surface area contributed by atoms with Crippen molar-refractivity contribution < 1.29 is 13.2 Å². The Hall–Kier alpha value is -1.88. The predicted octanol–water partition coefficient (Wildman–Crippen LogP) is 3.35. The van der Waals surface area contributed by atoms with E-state index in [9.17, 15) is 13.2 Å². The zero-order chi connectivity index (χ0) is 13.8. The first-order valence-corrected chi connectivity index (χ1v) is 5.85. The van der Waals surface area contributed by atoms with Gasteiger partial charge in [-0.15, -0.1) is 0 Å². The fraction of sp³-hybridized carbons (Fsp3) is 0.214. The fourth-order valence-electron chi connectivity index (χ4n) is 1.74. The van der Waals surface area contributed by atoms with Gasteiger partial charge in [0, 0.05) is 24.8 Å². The van der Waals surface area contributed by atoms with Crippen LogP contribution in [0.4, 0.5) is 13.2 Å². The Kier molecular flexibility index (Phi) is 4.16. The van der Waals surface area contributed by atoms with Crippen molar-refractivity contribution in [1.82, 2.24) is 10.3 Å². The summed E-state index contributed by atoms with van der Waals surface area (Å²) in [5.74, 6) is -1.67. The molecule has 0 radical (unpaired) electrons. The molecule has 0 bridgehead atoms. The molecule has 2 nitrogen and oxygen atoms in total. The second-order valence-corrected chi connectivity index (χ2v) is 4.24. The van der Waals surface area contributed by atoms with Crippen molar-refractivity contribution in [3.8, 4) is 0 Å². The highest BCUT2D eigenvalue weighted by atomic mass is 19.1. The van der Waals surface area contributed by atoms with E-state index < -0.39 is 17.5 Å². The van der Waals surface area contributed by atoms with Crippen LogP contribution < -0.4 is 5.32 Å². The van der Waals surface area contributed by atoms with Crippen LogP contribution in [0.1, 0.15) is 24.2 Å². The molecule has 19 heavy (non-hydrogen) atoms. The van der Waals surface area contributed by atoms with E-state index in [2.05, 4.69) is 10.3 Å². The van der Waals surface area contributed by atoms with Crippen LogP contribution in [0, 0.1) is 17.5 Å². The topological polar surface area (TPSA) is 24.9 Å². The van der Waals surface area contributed by atoms with Crippen molar-refractivity contribution in [2.24, 2.45) is 0 Å². The van der Waals surface area contributed by atoms with Crippen molar-refractivity contribution in [2.45, 2.75) is 19.5 Å². The number of halogens is 3. The summed E-state index contributed by atoms with van der Waals surface area (Å²) in [4.78, 5) is 3.89. The third-order valence-corrected chi connectivity index (χ3v) is 2.80. The summed E-state index contributed by atoms with van der Waals surface area (Å²) >= 11 is 0. The lowest BCUT2D eigenvalue weighted by Crippen LogP contribution is -2.19.